The molecule has 0 unspecified atom stereocenters. The van der Waals surface area contributed by atoms with Crippen LogP contribution in [0.1, 0.15) is 10.4 Å². The summed E-state index contributed by atoms with van der Waals surface area (Å²) in [7, 11) is 3.29. The molecule has 1 heterocycles. The van der Waals surface area contributed by atoms with Gasteiger partial charge in [0.15, 0.2) is 0 Å². The van der Waals surface area contributed by atoms with Crippen molar-refractivity contribution in [2.24, 2.45) is 7.05 Å². The molecule has 3 aromatic rings. The van der Waals surface area contributed by atoms with E-state index in [1.54, 1.807) is 49.1 Å². The third kappa shape index (κ3) is 2.81. The second-order valence-corrected chi connectivity index (χ2v) is 5.15. The molecular formula is C18H16N2O3. The van der Waals surface area contributed by atoms with Crippen LogP contribution in [0.25, 0.3) is 10.9 Å². The Hall–Kier alpha value is -3.08. The molecular weight excluding hydrogens is 292 g/mol. The molecule has 0 bridgehead atoms. The van der Waals surface area contributed by atoms with Crippen molar-refractivity contribution in [3.05, 3.63) is 70.5 Å². The number of aromatic nitrogens is 1. The number of carbonyl (C=O) groups excluding carboxylic acids is 1. The van der Waals surface area contributed by atoms with Crippen LogP contribution < -0.4 is 15.6 Å². The van der Waals surface area contributed by atoms with E-state index in [9.17, 15) is 9.59 Å². The molecule has 5 heteroatoms. The van der Waals surface area contributed by atoms with Gasteiger partial charge in [-0.05, 0) is 42.5 Å². The van der Waals surface area contributed by atoms with Crippen molar-refractivity contribution in [2.75, 3.05) is 12.4 Å². The highest BCUT2D eigenvalue weighted by Crippen LogP contribution is 2.22. The third-order valence-electron chi connectivity index (χ3n) is 3.77. The molecule has 0 saturated carbocycles. The Kier molecular flexibility index (Phi) is 3.85. The molecule has 3 rings (SSSR count). The van der Waals surface area contributed by atoms with Crippen molar-refractivity contribution in [3.8, 4) is 5.75 Å². The summed E-state index contributed by atoms with van der Waals surface area (Å²) in [6.07, 6.45) is 0. The van der Waals surface area contributed by atoms with Crippen LogP contribution in [-0.4, -0.2) is 17.6 Å². The molecule has 1 amide bonds. The van der Waals surface area contributed by atoms with Crippen LogP contribution in [0.2, 0.25) is 0 Å². The first-order valence-electron chi connectivity index (χ1n) is 7.14. The largest absolute Gasteiger partial charge is 0.497 e. The maximum Gasteiger partial charge on any atom is 0.255 e. The minimum absolute atomic E-state index is 0.0869. The van der Waals surface area contributed by atoms with Gasteiger partial charge in [-0.2, -0.15) is 0 Å². The second kappa shape index (κ2) is 5.96. The van der Waals surface area contributed by atoms with E-state index >= 15 is 0 Å². The van der Waals surface area contributed by atoms with Gasteiger partial charge in [0.1, 0.15) is 5.75 Å². The fraction of sp³-hybridized carbons (Fsp3) is 0.111. The summed E-state index contributed by atoms with van der Waals surface area (Å²) in [5.41, 5.74) is 1.88. The number of nitrogens with one attached hydrogen (secondary N) is 1. The minimum atomic E-state index is -0.214. The number of nitrogens with zero attached hydrogens (tertiary/aromatic N) is 1. The maximum atomic E-state index is 12.4. The lowest BCUT2D eigenvalue weighted by molar-refractivity contribution is 0.102. The second-order valence-electron chi connectivity index (χ2n) is 5.15. The summed E-state index contributed by atoms with van der Waals surface area (Å²) in [6, 6.07) is 15.6. The Morgan fingerprint density at radius 2 is 1.78 bits per heavy atom. The zero-order valence-corrected chi connectivity index (χ0v) is 12.9. The SMILES string of the molecule is COc1ccc(C(=O)Nc2cccc3c2ccc(=O)n3C)cc1. The standard InChI is InChI=1S/C18H16N2O3/c1-20-16-5-3-4-15(14(16)10-11-17(20)21)19-18(22)12-6-8-13(23-2)9-7-12/h3-11H,1-2H3,(H,19,22). The van der Waals surface area contributed by atoms with Crippen molar-refractivity contribution in [2.45, 2.75) is 0 Å². The highest BCUT2D eigenvalue weighted by atomic mass is 16.5. The monoisotopic (exact) mass is 308 g/mol. The Bertz CT molecular complexity index is 927. The number of carbonyl (C=O) groups is 1. The minimum Gasteiger partial charge on any atom is -0.497 e. The van der Waals surface area contributed by atoms with Crippen LogP contribution in [0.15, 0.2) is 59.4 Å². The summed E-state index contributed by atoms with van der Waals surface area (Å²) < 4.78 is 6.64. The van der Waals surface area contributed by atoms with Gasteiger partial charge in [-0.25, -0.2) is 0 Å². The van der Waals surface area contributed by atoms with Crippen molar-refractivity contribution < 1.29 is 9.53 Å². The number of anilines is 1. The molecule has 0 saturated heterocycles. The van der Waals surface area contributed by atoms with E-state index in [2.05, 4.69) is 5.32 Å². The molecule has 1 aromatic heterocycles. The predicted molar refractivity (Wildman–Crippen MR) is 90.1 cm³/mol. The fourth-order valence-corrected chi connectivity index (χ4v) is 2.45. The smallest absolute Gasteiger partial charge is 0.255 e. The molecule has 0 aliphatic rings. The van der Waals surface area contributed by atoms with Crippen LogP contribution in [0.3, 0.4) is 0 Å². The van der Waals surface area contributed by atoms with Crippen LogP contribution in [0.4, 0.5) is 5.69 Å². The number of rotatable bonds is 3. The van der Waals surface area contributed by atoms with Crippen LogP contribution in [0, 0.1) is 0 Å². The van der Waals surface area contributed by atoms with E-state index in [1.807, 2.05) is 18.2 Å². The number of pyridine rings is 1. The quantitative estimate of drug-likeness (QED) is 0.809. The number of hydrogen-bond acceptors (Lipinski definition) is 3. The molecule has 1 N–H and O–H groups in total. The average Bonchev–Trinajstić information content (AvgIpc) is 2.58. The van der Waals surface area contributed by atoms with Gasteiger partial charge in [0.2, 0.25) is 0 Å². The maximum absolute atomic E-state index is 12.4. The number of fused-ring (bicyclic) bond motifs is 1. The van der Waals surface area contributed by atoms with Gasteiger partial charge in [-0.1, -0.05) is 6.07 Å². The molecule has 5 nitrogen and oxygen atoms in total. The molecule has 0 radical (unpaired) electrons. The normalized spacial score (nSPS) is 10.5. The van der Waals surface area contributed by atoms with Crippen molar-refractivity contribution in [1.82, 2.24) is 4.57 Å². The van der Waals surface area contributed by atoms with Gasteiger partial charge >= 0.3 is 0 Å². The lowest BCUT2D eigenvalue weighted by atomic mass is 10.1. The number of hydrogen-bond donors (Lipinski definition) is 1. The van der Waals surface area contributed by atoms with E-state index in [0.29, 0.717) is 17.0 Å². The van der Waals surface area contributed by atoms with Gasteiger partial charge in [0, 0.05) is 24.1 Å². The topological polar surface area (TPSA) is 60.3 Å². The van der Waals surface area contributed by atoms with Crippen molar-refractivity contribution in [1.29, 1.82) is 0 Å². The molecule has 0 atom stereocenters. The van der Waals surface area contributed by atoms with Crippen LogP contribution in [-0.2, 0) is 7.05 Å². The average molecular weight is 308 g/mol. The zero-order chi connectivity index (χ0) is 16.4. The molecule has 2 aromatic carbocycles. The van der Waals surface area contributed by atoms with Crippen molar-refractivity contribution >= 4 is 22.5 Å². The first-order chi connectivity index (χ1) is 11.1. The molecule has 0 aliphatic heterocycles. The first-order valence-corrected chi connectivity index (χ1v) is 7.14. The van der Waals surface area contributed by atoms with E-state index < -0.39 is 0 Å². The molecule has 0 spiro atoms. The van der Waals surface area contributed by atoms with E-state index in [0.717, 1.165) is 10.9 Å². The number of amides is 1. The molecule has 23 heavy (non-hydrogen) atoms. The number of benzene rings is 2. The zero-order valence-electron chi connectivity index (χ0n) is 12.9. The molecule has 116 valence electrons. The van der Waals surface area contributed by atoms with Gasteiger partial charge < -0.3 is 14.6 Å². The summed E-state index contributed by atoms with van der Waals surface area (Å²) in [5, 5.41) is 3.71. The summed E-state index contributed by atoms with van der Waals surface area (Å²) in [6.45, 7) is 0. The Morgan fingerprint density at radius 3 is 2.48 bits per heavy atom. The lowest BCUT2D eigenvalue weighted by Crippen LogP contribution is -2.16. The number of methoxy groups -OCH3 is 1. The number of ether oxygens (including phenoxy) is 1. The lowest BCUT2D eigenvalue weighted by Gasteiger charge is -2.11. The Labute approximate surface area is 133 Å². The van der Waals surface area contributed by atoms with E-state index in [1.165, 1.54) is 6.07 Å². The Balaban J connectivity index is 1.96. The Morgan fingerprint density at radius 1 is 1.04 bits per heavy atom. The van der Waals surface area contributed by atoms with Crippen molar-refractivity contribution in [3.63, 3.8) is 0 Å². The summed E-state index contributed by atoms with van der Waals surface area (Å²) >= 11 is 0. The summed E-state index contributed by atoms with van der Waals surface area (Å²) in [4.78, 5) is 24.1. The number of aryl methyl sites for hydroxylation is 1. The first kappa shape index (κ1) is 14.8. The predicted octanol–water partition coefficient (Wildman–Crippen LogP) is 2.80. The van der Waals surface area contributed by atoms with Gasteiger partial charge in [0.05, 0.1) is 18.3 Å². The van der Waals surface area contributed by atoms with E-state index in [-0.39, 0.29) is 11.5 Å². The summed E-state index contributed by atoms with van der Waals surface area (Å²) in [5.74, 6) is 0.482. The third-order valence-corrected chi connectivity index (χ3v) is 3.77. The van der Waals surface area contributed by atoms with Gasteiger partial charge in [0.25, 0.3) is 11.5 Å². The van der Waals surface area contributed by atoms with Gasteiger partial charge in [-0.15, -0.1) is 0 Å². The highest BCUT2D eigenvalue weighted by molar-refractivity contribution is 6.08. The molecule has 0 fully saturated rings. The molecule has 0 aliphatic carbocycles. The highest BCUT2D eigenvalue weighted by Gasteiger charge is 2.09. The van der Waals surface area contributed by atoms with Crippen LogP contribution in [0.5, 0.6) is 5.75 Å². The fourth-order valence-electron chi connectivity index (χ4n) is 2.45. The van der Waals surface area contributed by atoms with E-state index in [4.69, 9.17) is 4.74 Å². The van der Waals surface area contributed by atoms with Crippen LogP contribution >= 0.6 is 0 Å². The van der Waals surface area contributed by atoms with Gasteiger partial charge in [-0.3, -0.25) is 9.59 Å².